The third-order valence-electron chi connectivity index (χ3n) is 1.93. The predicted octanol–water partition coefficient (Wildman–Crippen LogP) is 2.80. The van der Waals surface area contributed by atoms with E-state index in [0.29, 0.717) is 16.1 Å². The third kappa shape index (κ3) is 2.17. The summed E-state index contributed by atoms with van der Waals surface area (Å²) in [7, 11) is 1.32. The van der Waals surface area contributed by atoms with E-state index in [1.807, 2.05) is 13.8 Å². The van der Waals surface area contributed by atoms with Crippen LogP contribution in [0.1, 0.15) is 24.2 Å². The number of ether oxygens (including phenoxy) is 1. The van der Waals surface area contributed by atoms with Crippen LogP contribution in [0.3, 0.4) is 0 Å². The molecule has 4 nitrogen and oxygen atoms in total. The summed E-state index contributed by atoms with van der Waals surface area (Å²) in [5.74, 6) is -0.457. The standard InChI is InChI=1S/C9H7ClN2O2.C2H6/c1-14-9(13)8-6(10)2-3-12-5-11-4-7(8)12;1-2/h2-5H,1H3;1-2H3. The topological polar surface area (TPSA) is 43.6 Å². The van der Waals surface area contributed by atoms with Gasteiger partial charge in [0.2, 0.25) is 0 Å². The number of aromatic nitrogens is 2. The highest BCUT2D eigenvalue weighted by Crippen LogP contribution is 2.21. The zero-order valence-electron chi connectivity index (χ0n) is 9.40. The molecule has 2 rings (SSSR count). The van der Waals surface area contributed by atoms with Gasteiger partial charge in [-0.15, -0.1) is 0 Å². The fraction of sp³-hybridized carbons (Fsp3) is 0.273. The number of esters is 1. The molecule has 0 bridgehead atoms. The van der Waals surface area contributed by atoms with Gasteiger partial charge < -0.3 is 9.14 Å². The molecule has 0 aliphatic heterocycles. The Kier molecular flexibility index (Phi) is 4.31. The molecule has 0 unspecified atom stereocenters. The van der Waals surface area contributed by atoms with Gasteiger partial charge in [0, 0.05) is 6.20 Å². The van der Waals surface area contributed by atoms with Crippen LogP contribution in [-0.4, -0.2) is 22.5 Å². The average Bonchev–Trinajstić information content (AvgIpc) is 2.78. The van der Waals surface area contributed by atoms with Crippen LogP contribution in [0.15, 0.2) is 24.8 Å². The number of halogens is 1. The quantitative estimate of drug-likeness (QED) is 0.720. The van der Waals surface area contributed by atoms with Crippen LogP contribution >= 0.6 is 11.6 Å². The second kappa shape index (κ2) is 5.51. The Balaban J connectivity index is 0.000000606. The van der Waals surface area contributed by atoms with E-state index in [9.17, 15) is 4.79 Å². The number of methoxy groups -OCH3 is 1. The van der Waals surface area contributed by atoms with Crippen molar-refractivity contribution in [1.29, 1.82) is 0 Å². The Morgan fingerprint density at radius 2 is 2.19 bits per heavy atom. The van der Waals surface area contributed by atoms with Crippen molar-refractivity contribution in [2.45, 2.75) is 13.8 Å². The van der Waals surface area contributed by atoms with Crippen LogP contribution in [0, 0.1) is 0 Å². The summed E-state index contributed by atoms with van der Waals surface area (Å²) in [5.41, 5.74) is 0.985. The van der Waals surface area contributed by atoms with Crippen LogP contribution in [0.2, 0.25) is 5.02 Å². The normalized spacial score (nSPS) is 9.50. The molecule has 0 aromatic carbocycles. The monoisotopic (exact) mass is 240 g/mol. The van der Waals surface area contributed by atoms with E-state index in [1.54, 1.807) is 29.2 Å². The number of imidazole rings is 1. The first kappa shape index (κ1) is 12.5. The molecule has 0 fully saturated rings. The lowest BCUT2D eigenvalue weighted by molar-refractivity contribution is 0.0602. The molecule has 0 radical (unpaired) electrons. The highest BCUT2D eigenvalue weighted by molar-refractivity contribution is 6.34. The van der Waals surface area contributed by atoms with Gasteiger partial charge in [-0.25, -0.2) is 9.78 Å². The van der Waals surface area contributed by atoms with E-state index < -0.39 is 5.97 Å². The molecule has 0 spiro atoms. The molecule has 16 heavy (non-hydrogen) atoms. The van der Waals surface area contributed by atoms with E-state index in [-0.39, 0.29) is 0 Å². The number of hydrogen-bond acceptors (Lipinski definition) is 3. The van der Waals surface area contributed by atoms with Crippen molar-refractivity contribution in [3.8, 4) is 0 Å². The summed E-state index contributed by atoms with van der Waals surface area (Å²) in [6, 6.07) is 1.63. The molecule has 0 atom stereocenters. The average molecular weight is 241 g/mol. The van der Waals surface area contributed by atoms with Crippen molar-refractivity contribution in [2.24, 2.45) is 0 Å². The number of carbonyl (C=O) groups excluding carboxylic acids is 1. The Morgan fingerprint density at radius 3 is 2.81 bits per heavy atom. The van der Waals surface area contributed by atoms with Crippen LogP contribution in [0.4, 0.5) is 0 Å². The summed E-state index contributed by atoms with van der Waals surface area (Å²) in [5, 5.41) is 0.366. The SMILES string of the molecule is CC.COC(=O)c1c(Cl)ccn2cncc12. The number of carbonyl (C=O) groups is 1. The first-order valence-electron chi connectivity index (χ1n) is 4.92. The van der Waals surface area contributed by atoms with Crippen molar-refractivity contribution in [1.82, 2.24) is 9.38 Å². The minimum Gasteiger partial charge on any atom is -0.465 e. The Hall–Kier alpha value is -1.55. The van der Waals surface area contributed by atoms with Gasteiger partial charge in [-0.3, -0.25) is 0 Å². The molecule has 0 aliphatic rings. The maximum Gasteiger partial charge on any atom is 0.341 e. The van der Waals surface area contributed by atoms with Gasteiger partial charge in [-0.05, 0) is 6.07 Å². The molecule has 0 N–H and O–H groups in total. The van der Waals surface area contributed by atoms with Crippen molar-refractivity contribution >= 4 is 23.1 Å². The molecule has 2 aromatic heterocycles. The molecule has 0 saturated carbocycles. The zero-order valence-corrected chi connectivity index (χ0v) is 10.2. The maximum atomic E-state index is 11.4. The van der Waals surface area contributed by atoms with Gasteiger partial charge in [0.05, 0.1) is 30.2 Å². The zero-order chi connectivity index (χ0) is 12.1. The Morgan fingerprint density at radius 1 is 1.50 bits per heavy atom. The van der Waals surface area contributed by atoms with Crippen LogP contribution in [0.25, 0.3) is 5.52 Å². The molecule has 0 saturated heterocycles. The largest absolute Gasteiger partial charge is 0.465 e. The minimum absolute atomic E-state index is 0.342. The molecule has 5 heteroatoms. The summed E-state index contributed by atoms with van der Waals surface area (Å²) < 4.78 is 6.34. The molecule has 86 valence electrons. The fourth-order valence-electron chi connectivity index (χ4n) is 1.27. The van der Waals surface area contributed by atoms with Crippen molar-refractivity contribution < 1.29 is 9.53 Å². The lowest BCUT2D eigenvalue weighted by Gasteiger charge is -2.03. The number of fused-ring (bicyclic) bond motifs is 1. The van der Waals surface area contributed by atoms with Crippen molar-refractivity contribution in [3.05, 3.63) is 35.4 Å². The summed E-state index contributed by atoms with van der Waals surface area (Å²) in [4.78, 5) is 15.3. The summed E-state index contributed by atoms with van der Waals surface area (Å²) in [6.07, 6.45) is 4.90. The van der Waals surface area contributed by atoms with Crippen LogP contribution in [0.5, 0.6) is 0 Å². The Bertz CT molecular complexity index is 494. The van der Waals surface area contributed by atoms with E-state index >= 15 is 0 Å². The van der Waals surface area contributed by atoms with Crippen molar-refractivity contribution in [2.75, 3.05) is 7.11 Å². The van der Waals surface area contributed by atoms with Gasteiger partial charge in [-0.1, -0.05) is 25.4 Å². The number of pyridine rings is 1. The summed E-state index contributed by atoms with van der Waals surface area (Å²) >= 11 is 5.89. The van der Waals surface area contributed by atoms with Crippen LogP contribution < -0.4 is 0 Å². The number of rotatable bonds is 1. The number of nitrogens with zero attached hydrogens (tertiary/aromatic N) is 2. The minimum atomic E-state index is -0.457. The smallest absolute Gasteiger partial charge is 0.341 e. The summed E-state index contributed by atoms with van der Waals surface area (Å²) in [6.45, 7) is 4.00. The maximum absolute atomic E-state index is 11.4. The predicted molar refractivity (Wildman–Crippen MR) is 62.9 cm³/mol. The molecular weight excluding hydrogens is 228 g/mol. The highest BCUT2D eigenvalue weighted by Gasteiger charge is 2.15. The van der Waals surface area contributed by atoms with Gasteiger partial charge in [-0.2, -0.15) is 0 Å². The van der Waals surface area contributed by atoms with Gasteiger partial charge in [0.25, 0.3) is 0 Å². The van der Waals surface area contributed by atoms with Gasteiger partial charge >= 0.3 is 5.97 Å². The second-order valence-corrected chi connectivity index (χ2v) is 3.12. The Labute approximate surface area is 98.8 Å². The van der Waals surface area contributed by atoms with E-state index in [4.69, 9.17) is 11.6 Å². The second-order valence-electron chi connectivity index (χ2n) is 2.72. The first-order chi connectivity index (χ1) is 7.74. The van der Waals surface area contributed by atoms with Gasteiger partial charge in [0.1, 0.15) is 5.56 Å². The van der Waals surface area contributed by atoms with E-state index in [1.165, 1.54) is 7.11 Å². The molecule has 0 amide bonds. The molecule has 0 aliphatic carbocycles. The molecular formula is C11H13ClN2O2. The van der Waals surface area contributed by atoms with Crippen molar-refractivity contribution in [3.63, 3.8) is 0 Å². The third-order valence-corrected chi connectivity index (χ3v) is 2.25. The highest BCUT2D eigenvalue weighted by atomic mass is 35.5. The van der Waals surface area contributed by atoms with Gasteiger partial charge in [0.15, 0.2) is 0 Å². The van der Waals surface area contributed by atoms with E-state index in [2.05, 4.69) is 9.72 Å². The molecule has 2 aromatic rings. The van der Waals surface area contributed by atoms with E-state index in [0.717, 1.165) is 0 Å². The number of hydrogen-bond donors (Lipinski definition) is 0. The molecule has 2 heterocycles. The lowest BCUT2D eigenvalue weighted by Crippen LogP contribution is -2.04. The van der Waals surface area contributed by atoms with Crippen LogP contribution in [-0.2, 0) is 4.74 Å². The fourth-order valence-corrected chi connectivity index (χ4v) is 1.50. The lowest BCUT2D eigenvalue weighted by atomic mass is 10.2. The first-order valence-corrected chi connectivity index (χ1v) is 5.30.